The number of thioether (sulfide) groups is 1. The molecule has 3 amide bonds. The Labute approximate surface area is 225 Å². The van der Waals surface area contributed by atoms with Gasteiger partial charge in [-0.3, -0.25) is 19.3 Å². The molecule has 0 spiro atoms. The van der Waals surface area contributed by atoms with Crippen molar-refractivity contribution in [2.75, 3.05) is 41.0 Å². The third-order valence-electron chi connectivity index (χ3n) is 5.93. The third kappa shape index (κ3) is 5.83. The highest BCUT2D eigenvalue weighted by Gasteiger charge is 2.35. The first-order chi connectivity index (χ1) is 18.2. The Morgan fingerprint density at radius 3 is 2.47 bits per heavy atom. The summed E-state index contributed by atoms with van der Waals surface area (Å²) in [5.74, 6) is 1.62. The van der Waals surface area contributed by atoms with Crippen molar-refractivity contribution in [3.63, 3.8) is 0 Å². The lowest BCUT2D eigenvalue weighted by molar-refractivity contribution is -0.125. The van der Waals surface area contributed by atoms with Crippen LogP contribution in [-0.2, 0) is 16.0 Å². The number of rotatable bonds is 10. The molecule has 2 heterocycles. The van der Waals surface area contributed by atoms with E-state index in [1.165, 1.54) is 21.3 Å². The van der Waals surface area contributed by atoms with Gasteiger partial charge in [0.1, 0.15) is 5.60 Å². The van der Waals surface area contributed by atoms with Crippen molar-refractivity contribution in [2.24, 2.45) is 0 Å². The molecule has 38 heavy (non-hydrogen) atoms. The van der Waals surface area contributed by atoms with Crippen LogP contribution < -0.4 is 29.0 Å². The van der Waals surface area contributed by atoms with Crippen LogP contribution in [0, 0.1) is 0 Å². The van der Waals surface area contributed by atoms with Gasteiger partial charge in [0.15, 0.2) is 29.6 Å². The van der Waals surface area contributed by atoms with Crippen LogP contribution in [0.15, 0.2) is 35.2 Å². The largest absolute Gasteiger partial charge is 0.493 e. The van der Waals surface area contributed by atoms with E-state index in [9.17, 15) is 14.4 Å². The number of nitrogens with zero attached hydrogens (tertiary/aromatic N) is 1. The number of methoxy groups -OCH3 is 3. The molecule has 0 radical (unpaired) electrons. The minimum atomic E-state index is -0.445. The molecule has 1 fully saturated rings. The number of fused-ring (bicyclic) bond motifs is 1. The van der Waals surface area contributed by atoms with Gasteiger partial charge in [-0.1, -0.05) is 12.1 Å². The van der Waals surface area contributed by atoms with Crippen LogP contribution in [-0.4, -0.2) is 68.6 Å². The van der Waals surface area contributed by atoms with Crippen molar-refractivity contribution < 1.29 is 38.1 Å². The average Bonchev–Trinajstić information content (AvgIpc) is 3.35. The van der Waals surface area contributed by atoms with Crippen LogP contribution in [0.4, 0.5) is 4.79 Å². The molecule has 4 rings (SSSR count). The van der Waals surface area contributed by atoms with Gasteiger partial charge in [0, 0.05) is 25.1 Å². The Morgan fingerprint density at radius 1 is 1.11 bits per heavy atom. The molecule has 0 aliphatic carbocycles. The van der Waals surface area contributed by atoms with Gasteiger partial charge in [-0.2, -0.15) is 0 Å². The number of para-hydroxylation sites is 1. The second-order valence-corrected chi connectivity index (χ2v) is 10.2. The van der Waals surface area contributed by atoms with Crippen LogP contribution in [0.5, 0.6) is 28.7 Å². The number of benzene rings is 2. The lowest BCUT2D eigenvalue weighted by Crippen LogP contribution is -2.38. The zero-order valence-electron chi connectivity index (χ0n) is 21.9. The first-order valence-electron chi connectivity index (χ1n) is 11.9. The number of ether oxygens (including phenoxy) is 5. The van der Waals surface area contributed by atoms with Crippen molar-refractivity contribution in [2.45, 2.75) is 25.9 Å². The summed E-state index contributed by atoms with van der Waals surface area (Å²) in [6.45, 7) is 3.89. The maximum Gasteiger partial charge on any atom is 0.293 e. The summed E-state index contributed by atoms with van der Waals surface area (Å²) in [5, 5.41) is 2.27. The Bertz CT molecular complexity index is 1260. The van der Waals surface area contributed by atoms with Gasteiger partial charge in [-0.15, -0.1) is 0 Å². The average molecular weight is 543 g/mol. The van der Waals surface area contributed by atoms with E-state index in [-0.39, 0.29) is 36.1 Å². The van der Waals surface area contributed by atoms with Crippen molar-refractivity contribution >= 4 is 34.9 Å². The fourth-order valence-electron chi connectivity index (χ4n) is 4.23. The lowest BCUT2D eigenvalue weighted by atomic mass is 10.0. The predicted octanol–water partition coefficient (Wildman–Crippen LogP) is 3.66. The molecule has 0 unspecified atom stereocenters. The van der Waals surface area contributed by atoms with E-state index < -0.39 is 11.1 Å². The number of imide groups is 1. The molecule has 0 atom stereocenters. The van der Waals surface area contributed by atoms with E-state index in [2.05, 4.69) is 5.32 Å². The lowest BCUT2D eigenvalue weighted by Gasteiger charge is -2.18. The fourth-order valence-corrected chi connectivity index (χ4v) is 5.10. The minimum Gasteiger partial charge on any atom is -0.493 e. The van der Waals surface area contributed by atoms with E-state index in [4.69, 9.17) is 23.7 Å². The molecule has 0 saturated carbocycles. The van der Waals surface area contributed by atoms with Crippen LogP contribution >= 0.6 is 11.8 Å². The number of hydrogen-bond donors (Lipinski definition) is 1. The van der Waals surface area contributed by atoms with Crippen molar-refractivity contribution in [1.29, 1.82) is 0 Å². The van der Waals surface area contributed by atoms with E-state index in [0.29, 0.717) is 34.3 Å². The summed E-state index contributed by atoms with van der Waals surface area (Å²) in [6.07, 6.45) is 2.35. The first kappa shape index (κ1) is 27.2. The summed E-state index contributed by atoms with van der Waals surface area (Å²) in [7, 11) is 4.49. The first-order valence-corrected chi connectivity index (χ1v) is 12.7. The highest BCUT2D eigenvalue weighted by molar-refractivity contribution is 8.18. The Hall–Kier alpha value is -3.86. The topological polar surface area (TPSA) is 113 Å². The van der Waals surface area contributed by atoms with E-state index in [0.717, 1.165) is 28.6 Å². The molecule has 2 aliphatic rings. The molecule has 0 aromatic heterocycles. The summed E-state index contributed by atoms with van der Waals surface area (Å²) >= 11 is 0.825. The summed E-state index contributed by atoms with van der Waals surface area (Å²) < 4.78 is 27.6. The van der Waals surface area contributed by atoms with Gasteiger partial charge in [0.25, 0.3) is 17.1 Å². The number of nitrogens with one attached hydrogen (secondary N) is 1. The second-order valence-electron chi connectivity index (χ2n) is 9.21. The maximum atomic E-state index is 12.9. The van der Waals surface area contributed by atoms with Gasteiger partial charge >= 0.3 is 0 Å². The summed E-state index contributed by atoms with van der Waals surface area (Å²) in [4.78, 5) is 39.0. The Balaban J connectivity index is 1.32. The molecular formula is C27H30N2O8S. The van der Waals surface area contributed by atoms with Crippen LogP contribution in [0.1, 0.15) is 25.0 Å². The smallest absolute Gasteiger partial charge is 0.293 e. The standard InChI is InChI=1S/C27H30N2O8S/c1-27(2)14-17-7-6-8-18(23(17)37-27)36-15-22(30)28-9-10-29-25(31)21(38-26(29)32)13-16-11-19(33-3)24(35-5)20(12-16)34-4/h6-8,11-13H,9-10,14-15H2,1-5H3,(H,28,30)/b21-13-. The molecule has 2 aromatic rings. The molecule has 2 aliphatic heterocycles. The molecule has 1 saturated heterocycles. The Kier molecular flexibility index (Phi) is 8.05. The molecular weight excluding hydrogens is 512 g/mol. The van der Waals surface area contributed by atoms with E-state index in [1.807, 2.05) is 26.0 Å². The molecule has 10 nitrogen and oxygen atoms in total. The highest BCUT2D eigenvalue weighted by atomic mass is 32.2. The van der Waals surface area contributed by atoms with Gasteiger partial charge in [0.05, 0.1) is 26.2 Å². The number of amides is 3. The number of carbonyl (C=O) groups is 3. The maximum absolute atomic E-state index is 12.9. The van der Waals surface area contributed by atoms with E-state index in [1.54, 1.807) is 24.3 Å². The molecule has 2 aromatic carbocycles. The van der Waals surface area contributed by atoms with Gasteiger partial charge < -0.3 is 29.0 Å². The number of carbonyl (C=O) groups excluding carboxylic acids is 3. The highest BCUT2D eigenvalue weighted by Crippen LogP contribution is 2.42. The monoisotopic (exact) mass is 542 g/mol. The number of hydrogen-bond acceptors (Lipinski definition) is 9. The zero-order chi connectivity index (χ0) is 27.4. The SMILES string of the molecule is COc1cc(/C=C2\SC(=O)N(CCNC(=O)COc3cccc4c3OC(C)(C)C4)C2=O)cc(OC)c1OC. The summed E-state index contributed by atoms with van der Waals surface area (Å²) in [6, 6.07) is 8.97. The van der Waals surface area contributed by atoms with Crippen LogP contribution in [0.3, 0.4) is 0 Å². The minimum absolute atomic E-state index is 0.0288. The zero-order valence-corrected chi connectivity index (χ0v) is 22.7. The Morgan fingerprint density at radius 2 is 1.82 bits per heavy atom. The van der Waals surface area contributed by atoms with Crippen LogP contribution in [0.25, 0.3) is 6.08 Å². The fraction of sp³-hybridized carbons (Fsp3) is 0.370. The normalized spacial score (nSPS) is 16.8. The molecule has 0 bridgehead atoms. The summed E-state index contributed by atoms with van der Waals surface area (Å²) in [5.41, 5.74) is 1.32. The predicted molar refractivity (Wildman–Crippen MR) is 142 cm³/mol. The van der Waals surface area contributed by atoms with Crippen molar-refractivity contribution in [1.82, 2.24) is 10.2 Å². The van der Waals surface area contributed by atoms with Crippen LogP contribution in [0.2, 0.25) is 0 Å². The third-order valence-corrected chi connectivity index (χ3v) is 6.84. The molecule has 1 N–H and O–H groups in total. The van der Waals surface area contributed by atoms with E-state index >= 15 is 0 Å². The molecule has 11 heteroatoms. The van der Waals surface area contributed by atoms with Gasteiger partial charge in [-0.25, -0.2) is 0 Å². The quantitative estimate of drug-likeness (QED) is 0.450. The van der Waals surface area contributed by atoms with Gasteiger partial charge in [0.2, 0.25) is 5.75 Å². The van der Waals surface area contributed by atoms with Crippen molar-refractivity contribution in [3.05, 3.63) is 46.4 Å². The second kappa shape index (κ2) is 11.3. The molecule has 202 valence electrons. The van der Waals surface area contributed by atoms with Gasteiger partial charge in [-0.05, 0) is 55.4 Å². The van der Waals surface area contributed by atoms with Crippen molar-refractivity contribution in [3.8, 4) is 28.7 Å².